The van der Waals surface area contributed by atoms with E-state index in [4.69, 9.17) is 0 Å². The van der Waals surface area contributed by atoms with E-state index in [9.17, 15) is 18.3 Å². The summed E-state index contributed by atoms with van der Waals surface area (Å²) < 4.78 is 28.9. The molecule has 1 aliphatic rings. The number of carbonyl (C=O) groups is 1. The first-order chi connectivity index (χ1) is 13.7. The highest BCUT2D eigenvalue weighted by molar-refractivity contribution is 7.89. The molecule has 4 rings (SSSR count). The minimum atomic E-state index is -4.04. The Kier molecular flexibility index (Phi) is 4.43. The van der Waals surface area contributed by atoms with Crippen LogP contribution < -0.4 is 5.32 Å². The molecular formula is C19H20N4O4S2. The molecule has 2 aromatic heterocycles. The molecule has 0 fully saturated rings. The number of nitrogens with zero attached hydrogens (tertiary/aromatic N) is 3. The van der Waals surface area contributed by atoms with Gasteiger partial charge in [-0.15, -0.1) is 11.3 Å². The SMILES string of the molecule is CCc1sc(NC(=O)C2=C(O)c3c(c4ccccc4n3C)S(=O)(=O)N2C)nc1C. The number of hydrogen-bond acceptors (Lipinski definition) is 6. The van der Waals surface area contributed by atoms with Crippen molar-refractivity contribution in [1.82, 2.24) is 13.9 Å². The molecule has 29 heavy (non-hydrogen) atoms. The number of nitrogens with one attached hydrogen (secondary N) is 1. The Morgan fingerprint density at radius 2 is 1.97 bits per heavy atom. The van der Waals surface area contributed by atoms with Crippen LogP contribution in [0.25, 0.3) is 16.7 Å². The number of aromatic nitrogens is 2. The van der Waals surface area contributed by atoms with Crippen LogP contribution >= 0.6 is 11.3 Å². The number of sulfonamides is 1. The molecule has 0 radical (unpaired) electrons. The Morgan fingerprint density at radius 1 is 1.28 bits per heavy atom. The molecule has 2 N–H and O–H groups in total. The molecule has 1 amide bonds. The first-order valence-corrected chi connectivity index (χ1v) is 11.2. The lowest BCUT2D eigenvalue weighted by molar-refractivity contribution is -0.113. The van der Waals surface area contributed by atoms with Crippen LogP contribution in [0.5, 0.6) is 0 Å². The number of aliphatic hydroxyl groups is 1. The zero-order valence-corrected chi connectivity index (χ0v) is 18.0. The maximum Gasteiger partial charge on any atom is 0.278 e. The fourth-order valence-corrected chi connectivity index (χ4v) is 6.13. The predicted molar refractivity (Wildman–Crippen MR) is 112 cm³/mol. The number of thiazole rings is 1. The highest BCUT2D eigenvalue weighted by Crippen LogP contribution is 2.41. The summed E-state index contributed by atoms with van der Waals surface area (Å²) >= 11 is 1.33. The molecule has 0 saturated heterocycles. The van der Waals surface area contributed by atoms with Crippen molar-refractivity contribution in [2.45, 2.75) is 25.2 Å². The van der Waals surface area contributed by atoms with Crippen molar-refractivity contribution in [1.29, 1.82) is 0 Å². The van der Waals surface area contributed by atoms with Crippen LogP contribution in [-0.2, 0) is 28.3 Å². The second-order valence-corrected chi connectivity index (χ2v) is 9.75. The number of aryl methyl sites for hydroxylation is 3. The Hall–Kier alpha value is -2.85. The molecule has 1 aromatic carbocycles. The Labute approximate surface area is 172 Å². The lowest BCUT2D eigenvalue weighted by atomic mass is 10.2. The van der Waals surface area contributed by atoms with E-state index >= 15 is 0 Å². The highest BCUT2D eigenvalue weighted by Gasteiger charge is 2.41. The third kappa shape index (κ3) is 2.74. The van der Waals surface area contributed by atoms with Gasteiger partial charge in [-0.2, -0.15) is 0 Å². The van der Waals surface area contributed by atoms with Gasteiger partial charge in [0.25, 0.3) is 15.9 Å². The molecule has 152 valence electrons. The summed E-state index contributed by atoms with van der Waals surface area (Å²) in [6, 6.07) is 6.97. The van der Waals surface area contributed by atoms with E-state index in [-0.39, 0.29) is 16.3 Å². The summed E-state index contributed by atoms with van der Waals surface area (Å²) in [7, 11) is -1.12. The minimum Gasteiger partial charge on any atom is -0.504 e. The normalized spacial score (nSPS) is 15.7. The number of para-hydroxylation sites is 1. The fourth-order valence-electron chi connectivity index (χ4n) is 3.62. The van der Waals surface area contributed by atoms with Gasteiger partial charge in [0.15, 0.2) is 16.6 Å². The average molecular weight is 433 g/mol. The average Bonchev–Trinajstić information content (AvgIpc) is 3.18. The van der Waals surface area contributed by atoms with Crippen LogP contribution in [0.1, 0.15) is 23.2 Å². The van der Waals surface area contributed by atoms with E-state index in [0.717, 1.165) is 21.3 Å². The Morgan fingerprint density at radius 3 is 2.62 bits per heavy atom. The van der Waals surface area contributed by atoms with Gasteiger partial charge in [0.1, 0.15) is 10.6 Å². The maximum atomic E-state index is 13.2. The van der Waals surface area contributed by atoms with Crippen LogP contribution in [-0.4, -0.2) is 40.3 Å². The van der Waals surface area contributed by atoms with Crippen molar-refractivity contribution in [3.8, 4) is 0 Å². The molecule has 1 aliphatic heterocycles. The monoisotopic (exact) mass is 432 g/mol. The minimum absolute atomic E-state index is 0.00878. The second kappa shape index (κ2) is 6.60. The van der Waals surface area contributed by atoms with Crippen LogP contribution in [0.3, 0.4) is 0 Å². The molecule has 0 atom stereocenters. The third-order valence-corrected chi connectivity index (χ3v) is 8.14. The summed E-state index contributed by atoms with van der Waals surface area (Å²) in [5, 5.41) is 14.4. The molecule has 0 aliphatic carbocycles. The Bertz CT molecular complexity index is 1300. The number of carbonyl (C=O) groups excluding carboxylic acids is 1. The van der Waals surface area contributed by atoms with E-state index in [1.165, 1.54) is 18.4 Å². The number of rotatable bonds is 3. The summed E-state index contributed by atoms with van der Waals surface area (Å²) in [6.07, 6.45) is 0.779. The molecule has 0 spiro atoms. The standard InChI is InChI=1S/C19H20N4O4S2/c1-5-13-10(2)20-19(28-13)21-18(25)15-16(24)14-17(29(26,27)23(15)4)11-8-6-7-9-12(11)22(14)3/h6-9,24H,5H2,1-4H3,(H,20,21,25). The van der Waals surface area contributed by atoms with Crippen molar-refractivity contribution >= 4 is 49.1 Å². The number of anilines is 1. The molecular weight excluding hydrogens is 412 g/mol. The lowest BCUT2D eigenvalue weighted by Gasteiger charge is -2.27. The van der Waals surface area contributed by atoms with Crippen LogP contribution in [0.4, 0.5) is 5.13 Å². The van der Waals surface area contributed by atoms with Gasteiger partial charge < -0.3 is 9.67 Å². The smallest absolute Gasteiger partial charge is 0.278 e. The quantitative estimate of drug-likeness (QED) is 0.662. The van der Waals surface area contributed by atoms with Crippen LogP contribution in [0.2, 0.25) is 0 Å². The topological polar surface area (TPSA) is 105 Å². The van der Waals surface area contributed by atoms with Crippen LogP contribution in [0.15, 0.2) is 34.9 Å². The molecule has 0 unspecified atom stereocenters. The van der Waals surface area contributed by atoms with Gasteiger partial charge in [0.2, 0.25) is 0 Å². The van der Waals surface area contributed by atoms with Crippen molar-refractivity contribution in [3.05, 3.63) is 46.2 Å². The zero-order chi connectivity index (χ0) is 21.1. The number of benzene rings is 1. The van der Waals surface area contributed by atoms with E-state index < -0.39 is 21.7 Å². The molecule has 0 bridgehead atoms. The van der Waals surface area contributed by atoms with E-state index in [2.05, 4.69) is 10.3 Å². The van der Waals surface area contributed by atoms with Gasteiger partial charge in [-0.05, 0) is 19.4 Å². The van der Waals surface area contributed by atoms with Crippen LogP contribution in [0, 0.1) is 6.92 Å². The molecule has 3 heterocycles. The summed E-state index contributed by atoms with van der Waals surface area (Å²) in [5.74, 6) is -1.13. The molecule has 10 heteroatoms. The first-order valence-electron chi connectivity index (χ1n) is 8.96. The largest absolute Gasteiger partial charge is 0.504 e. The van der Waals surface area contributed by atoms with Gasteiger partial charge in [0, 0.05) is 29.9 Å². The summed E-state index contributed by atoms with van der Waals surface area (Å²) in [4.78, 5) is 18.3. The fraction of sp³-hybridized carbons (Fsp3) is 0.263. The van der Waals surface area contributed by atoms with Gasteiger partial charge in [-0.1, -0.05) is 25.1 Å². The number of amides is 1. The van der Waals surface area contributed by atoms with E-state index in [0.29, 0.717) is 16.0 Å². The summed E-state index contributed by atoms with van der Waals surface area (Å²) in [6.45, 7) is 3.84. The Balaban J connectivity index is 1.88. The van der Waals surface area contributed by atoms with Gasteiger partial charge in [-0.3, -0.25) is 14.4 Å². The van der Waals surface area contributed by atoms with Crippen molar-refractivity contribution < 1.29 is 18.3 Å². The first kappa shape index (κ1) is 19.5. The number of fused-ring (bicyclic) bond motifs is 3. The van der Waals surface area contributed by atoms with Gasteiger partial charge in [-0.25, -0.2) is 13.4 Å². The molecule has 0 saturated carbocycles. The summed E-state index contributed by atoms with van der Waals surface area (Å²) in [5.41, 5.74) is 1.21. The van der Waals surface area contributed by atoms with Gasteiger partial charge >= 0.3 is 0 Å². The maximum absolute atomic E-state index is 13.2. The van der Waals surface area contributed by atoms with E-state index in [1.54, 1.807) is 35.9 Å². The third-order valence-electron chi connectivity index (χ3n) is 5.09. The van der Waals surface area contributed by atoms with E-state index in [1.807, 2.05) is 13.8 Å². The highest BCUT2D eigenvalue weighted by atomic mass is 32.2. The lowest BCUT2D eigenvalue weighted by Crippen LogP contribution is -2.37. The second-order valence-electron chi connectivity index (χ2n) is 6.76. The zero-order valence-electron chi connectivity index (χ0n) is 16.3. The van der Waals surface area contributed by atoms with Gasteiger partial charge in [0.05, 0.1) is 5.69 Å². The van der Waals surface area contributed by atoms with Crippen molar-refractivity contribution in [3.63, 3.8) is 0 Å². The van der Waals surface area contributed by atoms with Crippen molar-refractivity contribution in [2.24, 2.45) is 7.05 Å². The van der Waals surface area contributed by atoms with Crippen molar-refractivity contribution in [2.75, 3.05) is 12.4 Å². The molecule has 8 nitrogen and oxygen atoms in total. The molecule has 3 aromatic rings. The number of likely N-dealkylation sites (N-methyl/N-ethyl adjacent to an activating group) is 1. The number of hydrogen-bond donors (Lipinski definition) is 2. The number of aliphatic hydroxyl groups excluding tert-OH is 1. The predicted octanol–water partition coefficient (Wildman–Crippen LogP) is 3.01.